The summed E-state index contributed by atoms with van der Waals surface area (Å²) in [7, 11) is 1.62. The third-order valence-corrected chi connectivity index (χ3v) is 1.86. The van der Waals surface area contributed by atoms with Crippen molar-refractivity contribution in [1.82, 2.24) is 4.37 Å². The smallest absolute Gasteiger partial charge is 0.192 e. The summed E-state index contributed by atoms with van der Waals surface area (Å²) in [5, 5.41) is 0.829. The van der Waals surface area contributed by atoms with E-state index in [9.17, 15) is 0 Å². The van der Waals surface area contributed by atoms with E-state index in [1.54, 1.807) is 13.2 Å². The van der Waals surface area contributed by atoms with Gasteiger partial charge in [-0.2, -0.15) is 0 Å². The predicted octanol–water partition coefficient (Wildman–Crippen LogP) is 1.81. The molecule has 0 bridgehead atoms. The minimum atomic E-state index is 0.729. The van der Waals surface area contributed by atoms with Gasteiger partial charge >= 0.3 is 0 Å². The van der Waals surface area contributed by atoms with Gasteiger partial charge in [-0.1, -0.05) is 12.2 Å². The fourth-order valence-corrected chi connectivity index (χ4v) is 1.19. The second-order valence-corrected chi connectivity index (χ2v) is 2.49. The van der Waals surface area contributed by atoms with Crippen molar-refractivity contribution in [2.24, 2.45) is 0 Å². The molecule has 0 aliphatic rings. The van der Waals surface area contributed by atoms with Crippen LogP contribution in [0.15, 0.2) is 6.07 Å². The van der Waals surface area contributed by atoms with Crippen LogP contribution in [0.2, 0.25) is 0 Å². The molecule has 0 fully saturated rings. The van der Waals surface area contributed by atoms with Crippen molar-refractivity contribution in [1.29, 1.82) is 0 Å². The van der Waals surface area contributed by atoms with Gasteiger partial charge in [-0.3, -0.25) is 4.37 Å². The summed E-state index contributed by atoms with van der Waals surface area (Å²) in [5.41, 5.74) is 0. The van der Waals surface area contributed by atoms with Crippen LogP contribution >= 0.6 is 23.8 Å². The number of aromatic nitrogens is 1. The lowest BCUT2D eigenvalue weighted by molar-refractivity contribution is 0.427. The fourth-order valence-electron chi connectivity index (χ4n) is 0.367. The number of ether oxygens (including phenoxy) is 1. The molecule has 1 aromatic heterocycles. The van der Waals surface area contributed by atoms with Crippen molar-refractivity contribution in [2.75, 3.05) is 7.11 Å². The molecule has 44 valence electrons. The summed E-state index contributed by atoms with van der Waals surface area (Å²) in [5.74, 6) is 0. The van der Waals surface area contributed by atoms with Gasteiger partial charge in [-0.05, 0) is 11.5 Å². The van der Waals surface area contributed by atoms with Crippen LogP contribution in [0, 0.1) is 4.64 Å². The van der Waals surface area contributed by atoms with Crippen LogP contribution in [0.1, 0.15) is 0 Å². The maximum absolute atomic E-state index is 4.86. The number of hydrogen-bond acceptors (Lipinski definition) is 3. The highest BCUT2D eigenvalue weighted by Gasteiger charge is 1.88. The van der Waals surface area contributed by atoms with Crippen LogP contribution in [0.5, 0.6) is 5.06 Å². The molecule has 0 aliphatic heterocycles. The summed E-state index contributed by atoms with van der Waals surface area (Å²) in [4.78, 5) is 0. The van der Waals surface area contributed by atoms with Gasteiger partial charge in [-0.25, -0.2) is 0 Å². The van der Waals surface area contributed by atoms with E-state index >= 15 is 0 Å². The first-order chi connectivity index (χ1) is 3.83. The Labute approximate surface area is 56.3 Å². The molecule has 2 nitrogen and oxygen atoms in total. The second-order valence-electron chi connectivity index (χ2n) is 1.24. The van der Waals surface area contributed by atoms with E-state index in [4.69, 9.17) is 17.0 Å². The zero-order chi connectivity index (χ0) is 5.98. The highest BCUT2D eigenvalue weighted by molar-refractivity contribution is 7.71. The minimum Gasteiger partial charge on any atom is -0.486 e. The SMILES string of the molecule is COc1cc(=S)[nH]s1. The quantitative estimate of drug-likeness (QED) is 0.613. The maximum Gasteiger partial charge on any atom is 0.192 e. The van der Waals surface area contributed by atoms with Crippen molar-refractivity contribution < 1.29 is 4.74 Å². The topological polar surface area (TPSA) is 25.0 Å². The van der Waals surface area contributed by atoms with E-state index in [1.807, 2.05) is 0 Å². The average molecular weight is 147 g/mol. The Kier molecular flexibility index (Phi) is 1.65. The van der Waals surface area contributed by atoms with Gasteiger partial charge in [0, 0.05) is 6.07 Å². The molecule has 4 heteroatoms. The van der Waals surface area contributed by atoms with Crippen LogP contribution in [-0.2, 0) is 0 Å². The standard InChI is InChI=1S/C4H5NOS2/c1-6-4-2-3(7)5-8-4/h2H,1H3,(H,5,7). The lowest BCUT2D eigenvalue weighted by atomic mass is 10.7. The highest BCUT2D eigenvalue weighted by Crippen LogP contribution is 2.14. The van der Waals surface area contributed by atoms with Crippen LogP contribution in [0.3, 0.4) is 0 Å². The molecule has 0 unspecified atom stereocenters. The Balaban J connectivity index is 3.01. The van der Waals surface area contributed by atoms with Gasteiger partial charge in [0.1, 0.15) is 4.64 Å². The number of nitrogens with one attached hydrogen (secondary N) is 1. The zero-order valence-corrected chi connectivity index (χ0v) is 5.94. The summed E-state index contributed by atoms with van der Waals surface area (Å²) in [6, 6.07) is 1.78. The van der Waals surface area contributed by atoms with E-state index in [0.717, 1.165) is 9.70 Å². The number of aromatic amines is 1. The van der Waals surface area contributed by atoms with E-state index < -0.39 is 0 Å². The number of methoxy groups -OCH3 is 1. The molecule has 0 atom stereocenters. The number of H-pyrrole nitrogens is 1. The second kappa shape index (κ2) is 2.28. The monoisotopic (exact) mass is 147 g/mol. The molecule has 0 amide bonds. The first-order valence-electron chi connectivity index (χ1n) is 2.05. The Morgan fingerprint density at radius 1 is 1.88 bits per heavy atom. The van der Waals surface area contributed by atoms with Gasteiger partial charge in [0.15, 0.2) is 5.06 Å². The van der Waals surface area contributed by atoms with Gasteiger partial charge in [0.25, 0.3) is 0 Å². The van der Waals surface area contributed by atoms with Crippen LogP contribution < -0.4 is 4.74 Å². The molecule has 0 saturated carbocycles. The van der Waals surface area contributed by atoms with Crippen molar-refractivity contribution in [2.45, 2.75) is 0 Å². The van der Waals surface area contributed by atoms with Crippen molar-refractivity contribution >= 4 is 23.8 Å². The number of rotatable bonds is 1. The summed E-state index contributed by atoms with van der Waals surface area (Å²) in [6.07, 6.45) is 0. The summed E-state index contributed by atoms with van der Waals surface area (Å²) < 4.78 is 8.44. The largest absolute Gasteiger partial charge is 0.486 e. The molecule has 8 heavy (non-hydrogen) atoms. The van der Waals surface area contributed by atoms with Gasteiger partial charge in [0.05, 0.1) is 7.11 Å². The summed E-state index contributed by atoms with van der Waals surface area (Å²) in [6.45, 7) is 0. The van der Waals surface area contributed by atoms with E-state index in [0.29, 0.717) is 0 Å². The number of hydrogen-bond donors (Lipinski definition) is 1. The van der Waals surface area contributed by atoms with Crippen molar-refractivity contribution in [3.05, 3.63) is 10.7 Å². The van der Waals surface area contributed by atoms with Crippen molar-refractivity contribution in [3.8, 4) is 5.06 Å². The van der Waals surface area contributed by atoms with Gasteiger partial charge in [-0.15, -0.1) is 0 Å². The van der Waals surface area contributed by atoms with Crippen molar-refractivity contribution in [3.63, 3.8) is 0 Å². The van der Waals surface area contributed by atoms with Crippen LogP contribution in [0.4, 0.5) is 0 Å². The molecule has 0 aliphatic carbocycles. The molecule has 0 spiro atoms. The normalized spacial score (nSPS) is 9.12. The molecule has 0 aromatic carbocycles. The summed E-state index contributed by atoms with van der Waals surface area (Å²) >= 11 is 6.17. The first-order valence-corrected chi connectivity index (χ1v) is 3.28. The molecule has 0 radical (unpaired) electrons. The Hall–Kier alpha value is -0.350. The van der Waals surface area contributed by atoms with Crippen LogP contribution in [0.25, 0.3) is 0 Å². The Bertz CT molecular complexity index is 214. The lowest BCUT2D eigenvalue weighted by Gasteiger charge is -1.85. The fraction of sp³-hybridized carbons (Fsp3) is 0.250. The highest BCUT2D eigenvalue weighted by atomic mass is 32.1. The predicted molar refractivity (Wildman–Crippen MR) is 36.1 cm³/mol. The lowest BCUT2D eigenvalue weighted by Crippen LogP contribution is -1.73. The molecular formula is C4H5NOS2. The molecule has 0 saturated heterocycles. The van der Waals surface area contributed by atoms with E-state index in [1.165, 1.54) is 11.5 Å². The van der Waals surface area contributed by atoms with Crippen LogP contribution in [-0.4, -0.2) is 11.5 Å². The average Bonchev–Trinajstić information content (AvgIpc) is 2.14. The molecule has 1 aromatic rings. The Morgan fingerprint density at radius 3 is 2.88 bits per heavy atom. The van der Waals surface area contributed by atoms with Gasteiger partial charge < -0.3 is 4.74 Å². The first kappa shape index (κ1) is 5.78. The third-order valence-electron chi connectivity index (χ3n) is 0.702. The maximum atomic E-state index is 4.86. The Morgan fingerprint density at radius 2 is 2.62 bits per heavy atom. The molecule has 1 N–H and O–H groups in total. The minimum absolute atomic E-state index is 0.729. The van der Waals surface area contributed by atoms with E-state index in [2.05, 4.69) is 4.37 Å². The third kappa shape index (κ3) is 1.08. The van der Waals surface area contributed by atoms with E-state index in [-0.39, 0.29) is 0 Å². The van der Waals surface area contributed by atoms with Gasteiger partial charge in [0.2, 0.25) is 0 Å². The molecule has 1 heterocycles. The molecule has 1 rings (SSSR count). The zero-order valence-electron chi connectivity index (χ0n) is 4.30. The molecular weight excluding hydrogens is 142 g/mol.